The van der Waals surface area contributed by atoms with Crippen molar-refractivity contribution in [3.63, 3.8) is 0 Å². The van der Waals surface area contributed by atoms with Crippen LogP contribution in [0.15, 0.2) is 24.3 Å². The van der Waals surface area contributed by atoms with Gasteiger partial charge in [-0.1, -0.05) is 6.07 Å². The average molecular weight is 272 g/mol. The molecule has 102 valence electrons. The van der Waals surface area contributed by atoms with Crippen LogP contribution in [0.2, 0.25) is 0 Å². The van der Waals surface area contributed by atoms with Crippen molar-refractivity contribution in [2.24, 2.45) is 0 Å². The second-order valence-electron chi connectivity index (χ2n) is 4.19. The predicted molar refractivity (Wildman–Crippen MR) is 61.1 cm³/mol. The van der Waals surface area contributed by atoms with Crippen molar-refractivity contribution in [1.82, 2.24) is 0 Å². The molecule has 0 spiro atoms. The molecule has 0 aliphatic carbocycles. The third-order valence-electron chi connectivity index (χ3n) is 2.39. The minimum atomic E-state index is -4.89. The lowest BCUT2D eigenvalue weighted by atomic mass is 10.0. The first-order valence-electron chi connectivity index (χ1n) is 5.25. The van der Waals surface area contributed by atoms with Crippen LogP contribution >= 0.6 is 0 Å². The van der Waals surface area contributed by atoms with Gasteiger partial charge in [0, 0.05) is 5.69 Å². The number of benzene rings is 1. The minimum absolute atomic E-state index is 0.196. The van der Waals surface area contributed by atoms with Gasteiger partial charge in [0.15, 0.2) is 5.60 Å². The number of amides is 1. The summed E-state index contributed by atoms with van der Waals surface area (Å²) in [5.41, 5.74) is -2.63. The molecular weight excluding hydrogens is 261 g/mol. The van der Waals surface area contributed by atoms with E-state index in [1.165, 1.54) is 24.3 Å². The molecule has 0 radical (unpaired) electrons. The largest absolute Gasteiger partial charge is 0.417 e. The van der Waals surface area contributed by atoms with Gasteiger partial charge in [-0.05, 0) is 25.1 Å². The van der Waals surface area contributed by atoms with Gasteiger partial charge < -0.3 is 10.4 Å². The zero-order valence-electron chi connectivity index (χ0n) is 9.95. The topological polar surface area (TPSA) is 73.1 Å². The van der Waals surface area contributed by atoms with Crippen molar-refractivity contribution in [2.45, 2.75) is 25.1 Å². The van der Waals surface area contributed by atoms with Crippen LogP contribution in [0.1, 0.15) is 18.9 Å². The average Bonchev–Trinajstić information content (AvgIpc) is 2.26. The highest BCUT2D eigenvalue weighted by Gasteiger charge is 2.50. The number of aliphatic hydroxyl groups is 1. The van der Waals surface area contributed by atoms with Crippen molar-refractivity contribution in [2.75, 3.05) is 5.32 Å². The van der Waals surface area contributed by atoms with E-state index in [0.717, 1.165) is 0 Å². The number of nitrogens with one attached hydrogen (secondary N) is 1. The highest BCUT2D eigenvalue weighted by Crippen LogP contribution is 2.32. The summed E-state index contributed by atoms with van der Waals surface area (Å²) in [6.45, 7) is 0.526. The molecule has 0 saturated heterocycles. The van der Waals surface area contributed by atoms with Crippen LogP contribution in [0.4, 0.5) is 18.9 Å². The van der Waals surface area contributed by atoms with E-state index < -0.39 is 24.1 Å². The van der Waals surface area contributed by atoms with Gasteiger partial charge in [0.1, 0.15) is 0 Å². The fourth-order valence-electron chi connectivity index (χ4n) is 1.28. The first-order chi connectivity index (χ1) is 8.65. The monoisotopic (exact) mass is 272 g/mol. The number of nitriles is 1. The second-order valence-corrected chi connectivity index (χ2v) is 4.19. The van der Waals surface area contributed by atoms with Gasteiger partial charge in [0.25, 0.3) is 0 Å². The molecule has 1 rings (SSSR count). The van der Waals surface area contributed by atoms with E-state index in [0.29, 0.717) is 6.92 Å². The number of carbonyl (C=O) groups is 1. The summed E-state index contributed by atoms with van der Waals surface area (Å²) in [5.74, 6) is -0.989. The van der Waals surface area contributed by atoms with Gasteiger partial charge in [0.2, 0.25) is 5.91 Å². The van der Waals surface area contributed by atoms with E-state index in [1.54, 1.807) is 0 Å². The van der Waals surface area contributed by atoms with Crippen LogP contribution in [0.5, 0.6) is 0 Å². The molecule has 0 fully saturated rings. The van der Waals surface area contributed by atoms with Crippen molar-refractivity contribution in [1.29, 1.82) is 5.26 Å². The Kier molecular flexibility index (Phi) is 4.17. The normalized spacial score (nSPS) is 14.3. The van der Waals surface area contributed by atoms with E-state index in [1.807, 2.05) is 6.07 Å². The molecule has 2 N–H and O–H groups in total. The van der Waals surface area contributed by atoms with Gasteiger partial charge in [0.05, 0.1) is 18.1 Å². The van der Waals surface area contributed by atoms with Crippen LogP contribution in [-0.4, -0.2) is 22.8 Å². The fourth-order valence-corrected chi connectivity index (χ4v) is 1.28. The SMILES string of the molecule is C[C@@](O)(CC(=O)Nc1cccc(C#N)c1)C(F)(F)F. The second kappa shape index (κ2) is 5.28. The van der Waals surface area contributed by atoms with Crippen molar-refractivity contribution < 1.29 is 23.1 Å². The Morgan fingerprint density at radius 1 is 1.47 bits per heavy atom. The molecule has 0 saturated carbocycles. The van der Waals surface area contributed by atoms with Gasteiger partial charge in [-0.25, -0.2) is 0 Å². The summed E-state index contributed by atoms with van der Waals surface area (Å²) in [7, 11) is 0. The van der Waals surface area contributed by atoms with E-state index in [9.17, 15) is 18.0 Å². The summed E-state index contributed by atoms with van der Waals surface area (Å²) in [6.07, 6.45) is -6.01. The molecule has 1 atom stereocenters. The van der Waals surface area contributed by atoms with Crippen LogP contribution in [0.25, 0.3) is 0 Å². The Hall–Kier alpha value is -2.07. The lowest BCUT2D eigenvalue weighted by Gasteiger charge is -2.25. The molecule has 0 heterocycles. The molecule has 4 nitrogen and oxygen atoms in total. The van der Waals surface area contributed by atoms with Gasteiger partial charge in [-0.2, -0.15) is 18.4 Å². The molecule has 1 aromatic rings. The predicted octanol–water partition coefficient (Wildman–Crippen LogP) is 2.20. The molecule has 7 heteroatoms. The smallest absolute Gasteiger partial charge is 0.380 e. The molecule has 1 amide bonds. The highest BCUT2D eigenvalue weighted by atomic mass is 19.4. The number of hydrogen-bond acceptors (Lipinski definition) is 3. The number of halogens is 3. The number of nitrogens with zero attached hydrogens (tertiary/aromatic N) is 1. The van der Waals surface area contributed by atoms with E-state index in [2.05, 4.69) is 5.32 Å². The van der Waals surface area contributed by atoms with Crippen LogP contribution < -0.4 is 5.32 Å². The van der Waals surface area contributed by atoms with Crippen molar-refractivity contribution >= 4 is 11.6 Å². The van der Waals surface area contributed by atoms with Gasteiger partial charge in [-0.3, -0.25) is 4.79 Å². The molecule has 0 unspecified atom stereocenters. The third-order valence-corrected chi connectivity index (χ3v) is 2.39. The standard InChI is InChI=1S/C12H11F3N2O2/c1-11(19,12(13,14)15)6-10(18)17-9-4-2-3-8(5-9)7-16/h2-5,19H,6H2,1H3,(H,17,18)/t11-/m1/s1. The maximum absolute atomic E-state index is 12.4. The number of alkyl halides is 3. The Morgan fingerprint density at radius 3 is 2.63 bits per heavy atom. The Bertz CT molecular complexity index is 518. The minimum Gasteiger partial charge on any atom is -0.380 e. The number of anilines is 1. The number of carbonyl (C=O) groups excluding carboxylic acids is 1. The summed E-state index contributed by atoms with van der Waals surface area (Å²) < 4.78 is 37.1. The zero-order chi connectivity index (χ0) is 14.7. The maximum atomic E-state index is 12.4. The van der Waals surface area contributed by atoms with Gasteiger partial charge in [-0.15, -0.1) is 0 Å². The molecule has 0 bridgehead atoms. The Morgan fingerprint density at radius 2 is 2.11 bits per heavy atom. The summed E-state index contributed by atoms with van der Waals surface area (Å²) in [4.78, 5) is 11.4. The van der Waals surface area contributed by atoms with E-state index in [-0.39, 0.29) is 11.3 Å². The summed E-state index contributed by atoms with van der Waals surface area (Å²) >= 11 is 0. The molecule has 0 aliphatic heterocycles. The van der Waals surface area contributed by atoms with Gasteiger partial charge >= 0.3 is 6.18 Å². The van der Waals surface area contributed by atoms with Crippen molar-refractivity contribution in [3.8, 4) is 6.07 Å². The molecule has 0 aromatic heterocycles. The van der Waals surface area contributed by atoms with Crippen LogP contribution in [0, 0.1) is 11.3 Å². The Labute approximate surface area is 107 Å². The molecular formula is C12H11F3N2O2. The van der Waals surface area contributed by atoms with E-state index >= 15 is 0 Å². The lowest BCUT2D eigenvalue weighted by molar-refractivity contribution is -0.252. The first kappa shape index (κ1) is 15.0. The Balaban J connectivity index is 2.74. The summed E-state index contributed by atoms with van der Waals surface area (Å²) in [5, 5.41) is 20.0. The lowest BCUT2D eigenvalue weighted by Crippen LogP contribution is -2.44. The maximum Gasteiger partial charge on any atom is 0.417 e. The van der Waals surface area contributed by atoms with E-state index in [4.69, 9.17) is 10.4 Å². The van der Waals surface area contributed by atoms with Crippen molar-refractivity contribution in [3.05, 3.63) is 29.8 Å². The molecule has 1 aromatic carbocycles. The number of rotatable bonds is 3. The van der Waals surface area contributed by atoms with Crippen LogP contribution in [0.3, 0.4) is 0 Å². The number of hydrogen-bond donors (Lipinski definition) is 2. The first-order valence-corrected chi connectivity index (χ1v) is 5.25. The quantitative estimate of drug-likeness (QED) is 0.885. The van der Waals surface area contributed by atoms with Crippen LogP contribution in [-0.2, 0) is 4.79 Å². The molecule has 19 heavy (non-hydrogen) atoms. The molecule has 0 aliphatic rings. The third kappa shape index (κ3) is 3.96. The summed E-state index contributed by atoms with van der Waals surface area (Å²) in [6, 6.07) is 7.55. The zero-order valence-corrected chi connectivity index (χ0v) is 9.95. The fraction of sp³-hybridized carbons (Fsp3) is 0.333. The highest BCUT2D eigenvalue weighted by molar-refractivity contribution is 5.91.